The van der Waals surface area contributed by atoms with Crippen LogP contribution in [0, 0.1) is 12.7 Å². The van der Waals surface area contributed by atoms with Gasteiger partial charge in [0.15, 0.2) is 6.10 Å². The van der Waals surface area contributed by atoms with Crippen LogP contribution in [0.25, 0.3) is 0 Å². The molecule has 0 aliphatic carbocycles. The van der Waals surface area contributed by atoms with Crippen molar-refractivity contribution in [2.75, 3.05) is 13.2 Å². The summed E-state index contributed by atoms with van der Waals surface area (Å²) in [4.78, 5) is 19.2. The lowest BCUT2D eigenvalue weighted by molar-refractivity contribution is 0.0626. The van der Waals surface area contributed by atoms with Gasteiger partial charge in [0.2, 0.25) is 5.88 Å². The van der Waals surface area contributed by atoms with Gasteiger partial charge in [-0.25, -0.2) is 9.37 Å². The zero-order valence-electron chi connectivity index (χ0n) is 16.0. The molecule has 4 rings (SSSR count). The molecule has 29 heavy (non-hydrogen) atoms. The van der Waals surface area contributed by atoms with Crippen LogP contribution >= 0.6 is 0 Å². The summed E-state index contributed by atoms with van der Waals surface area (Å²) in [7, 11) is 0. The quantitative estimate of drug-likeness (QED) is 0.658. The number of amides is 1. The van der Waals surface area contributed by atoms with Crippen LogP contribution in [0.2, 0.25) is 0 Å². The fourth-order valence-corrected chi connectivity index (χ4v) is 3.26. The van der Waals surface area contributed by atoms with E-state index in [0.717, 1.165) is 11.4 Å². The molecule has 0 bridgehead atoms. The van der Waals surface area contributed by atoms with E-state index in [1.165, 1.54) is 12.1 Å². The van der Waals surface area contributed by atoms with E-state index in [1.807, 2.05) is 37.3 Å². The molecule has 2 heterocycles. The van der Waals surface area contributed by atoms with Gasteiger partial charge in [0.1, 0.15) is 23.7 Å². The Kier molecular flexibility index (Phi) is 5.42. The van der Waals surface area contributed by atoms with Gasteiger partial charge in [0.25, 0.3) is 5.91 Å². The number of carbonyl (C=O) groups excluding carboxylic acids is 1. The van der Waals surface area contributed by atoms with Crippen molar-refractivity contribution in [1.29, 1.82) is 0 Å². The average molecular weight is 392 g/mol. The first-order valence-electron chi connectivity index (χ1n) is 9.44. The summed E-state index contributed by atoms with van der Waals surface area (Å²) < 4.78 is 25.5. The summed E-state index contributed by atoms with van der Waals surface area (Å²) in [5.74, 6) is 0.501. The second-order valence-electron chi connectivity index (χ2n) is 6.98. The van der Waals surface area contributed by atoms with Gasteiger partial charge < -0.3 is 14.4 Å². The third kappa shape index (κ3) is 4.54. The number of para-hydroxylation sites is 1. The molecule has 2 aromatic carbocycles. The Hall–Kier alpha value is -3.41. The van der Waals surface area contributed by atoms with Crippen LogP contribution in [0.4, 0.5) is 4.39 Å². The molecule has 0 radical (unpaired) electrons. The van der Waals surface area contributed by atoms with Crippen molar-refractivity contribution in [2.45, 2.75) is 19.6 Å². The Morgan fingerprint density at radius 1 is 1.14 bits per heavy atom. The lowest BCUT2D eigenvalue weighted by Gasteiger charge is -2.24. The number of ether oxygens (including phenoxy) is 2. The fourth-order valence-electron chi connectivity index (χ4n) is 3.26. The van der Waals surface area contributed by atoms with E-state index >= 15 is 0 Å². The zero-order chi connectivity index (χ0) is 20.2. The molecule has 1 aliphatic rings. The first kappa shape index (κ1) is 18.9. The van der Waals surface area contributed by atoms with E-state index in [0.29, 0.717) is 23.6 Å². The number of nitrogens with zero attached hydrogens (tertiary/aromatic N) is 2. The molecule has 148 valence electrons. The summed E-state index contributed by atoms with van der Waals surface area (Å²) in [5.41, 5.74) is 1.87. The molecule has 1 atom stereocenters. The third-order valence-corrected chi connectivity index (χ3v) is 4.66. The highest BCUT2D eigenvalue weighted by Gasteiger charge is 2.30. The number of aromatic nitrogens is 1. The van der Waals surface area contributed by atoms with Crippen molar-refractivity contribution < 1.29 is 18.7 Å². The predicted molar refractivity (Wildman–Crippen MR) is 106 cm³/mol. The van der Waals surface area contributed by atoms with Crippen molar-refractivity contribution in [3.8, 4) is 11.6 Å². The van der Waals surface area contributed by atoms with E-state index in [1.54, 1.807) is 29.2 Å². The number of hydrogen-bond donors (Lipinski definition) is 0. The number of pyridine rings is 1. The van der Waals surface area contributed by atoms with Crippen LogP contribution in [0.5, 0.6) is 11.6 Å². The highest BCUT2D eigenvalue weighted by Crippen LogP contribution is 2.25. The van der Waals surface area contributed by atoms with E-state index < -0.39 is 6.10 Å². The molecule has 1 unspecified atom stereocenters. The Morgan fingerprint density at radius 2 is 1.97 bits per heavy atom. The molecule has 0 fully saturated rings. The van der Waals surface area contributed by atoms with E-state index in [9.17, 15) is 9.18 Å². The smallest absolute Gasteiger partial charge is 0.259 e. The highest BCUT2D eigenvalue weighted by molar-refractivity contribution is 5.96. The average Bonchev–Trinajstić information content (AvgIpc) is 2.84. The Morgan fingerprint density at radius 3 is 2.76 bits per heavy atom. The van der Waals surface area contributed by atoms with Gasteiger partial charge >= 0.3 is 0 Å². The van der Waals surface area contributed by atoms with Crippen LogP contribution in [0.15, 0.2) is 66.7 Å². The van der Waals surface area contributed by atoms with Crippen molar-refractivity contribution in [1.82, 2.24) is 9.88 Å². The van der Waals surface area contributed by atoms with Gasteiger partial charge in [-0.2, -0.15) is 0 Å². The number of rotatable bonds is 5. The van der Waals surface area contributed by atoms with Crippen LogP contribution in [-0.2, 0) is 6.54 Å². The number of carbonyl (C=O) groups is 1. The molecule has 1 aliphatic heterocycles. The van der Waals surface area contributed by atoms with Gasteiger partial charge in [0.05, 0.1) is 6.54 Å². The Balaban J connectivity index is 1.59. The van der Waals surface area contributed by atoms with Crippen molar-refractivity contribution in [3.63, 3.8) is 0 Å². The van der Waals surface area contributed by atoms with E-state index in [2.05, 4.69) is 4.98 Å². The number of benzene rings is 2. The maximum atomic E-state index is 13.6. The molecule has 5 nitrogen and oxygen atoms in total. The second kappa shape index (κ2) is 8.31. The molecular weight excluding hydrogens is 371 g/mol. The minimum absolute atomic E-state index is 0.195. The lowest BCUT2D eigenvalue weighted by Crippen LogP contribution is -2.39. The predicted octanol–water partition coefficient (Wildman–Crippen LogP) is 4.01. The van der Waals surface area contributed by atoms with Crippen LogP contribution in [-0.4, -0.2) is 35.0 Å². The Bertz CT molecular complexity index is 1010. The summed E-state index contributed by atoms with van der Waals surface area (Å²) in [6.45, 7) is 2.68. The van der Waals surface area contributed by atoms with Gasteiger partial charge in [-0.3, -0.25) is 4.79 Å². The SMILES string of the molecule is Cc1ccc2c(n1)OC(COc1ccccc1)CN(Cc1cccc(F)c1)C2=O. The first-order valence-corrected chi connectivity index (χ1v) is 9.44. The Labute approximate surface area is 168 Å². The molecule has 6 heteroatoms. The number of hydrogen-bond acceptors (Lipinski definition) is 4. The third-order valence-electron chi connectivity index (χ3n) is 4.66. The molecule has 0 saturated carbocycles. The molecule has 3 aromatic rings. The molecule has 0 saturated heterocycles. The van der Waals surface area contributed by atoms with E-state index in [4.69, 9.17) is 9.47 Å². The minimum atomic E-state index is -0.414. The molecule has 1 amide bonds. The highest BCUT2D eigenvalue weighted by atomic mass is 19.1. The van der Waals surface area contributed by atoms with E-state index in [-0.39, 0.29) is 24.9 Å². The molecular formula is C23H21FN2O3. The molecule has 1 aromatic heterocycles. The molecule has 0 spiro atoms. The standard InChI is InChI=1S/C23H21FN2O3/c1-16-10-11-21-22(25-16)29-20(15-28-19-8-3-2-4-9-19)14-26(23(21)27)13-17-6-5-7-18(24)12-17/h2-12,20H,13-15H2,1H3. The maximum Gasteiger partial charge on any atom is 0.259 e. The maximum absolute atomic E-state index is 13.6. The largest absolute Gasteiger partial charge is 0.490 e. The van der Waals surface area contributed by atoms with Gasteiger partial charge in [-0.05, 0) is 48.9 Å². The summed E-state index contributed by atoms with van der Waals surface area (Å²) in [6.07, 6.45) is -0.414. The second-order valence-corrected chi connectivity index (χ2v) is 6.98. The number of aryl methyl sites for hydroxylation is 1. The van der Waals surface area contributed by atoms with Gasteiger partial charge in [-0.15, -0.1) is 0 Å². The zero-order valence-corrected chi connectivity index (χ0v) is 16.0. The van der Waals surface area contributed by atoms with Crippen LogP contribution in [0.3, 0.4) is 0 Å². The molecule has 0 N–H and O–H groups in total. The van der Waals surface area contributed by atoms with Crippen molar-refractivity contribution in [3.05, 3.63) is 89.4 Å². The monoisotopic (exact) mass is 392 g/mol. The van der Waals surface area contributed by atoms with Crippen molar-refractivity contribution in [2.24, 2.45) is 0 Å². The van der Waals surface area contributed by atoms with Crippen molar-refractivity contribution >= 4 is 5.91 Å². The minimum Gasteiger partial charge on any atom is -0.490 e. The van der Waals surface area contributed by atoms with Gasteiger partial charge in [0, 0.05) is 12.2 Å². The first-order chi connectivity index (χ1) is 14.1. The summed E-state index contributed by atoms with van der Waals surface area (Å²) >= 11 is 0. The lowest BCUT2D eigenvalue weighted by atomic mass is 10.1. The summed E-state index contributed by atoms with van der Waals surface area (Å²) in [6, 6.07) is 19.2. The topological polar surface area (TPSA) is 51.7 Å². The number of fused-ring (bicyclic) bond motifs is 1. The van der Waals surface area contributed by atoms with Crippen LogP contribution in [0.1, 0.15) is 21.6 Å². The van der Waals surface area contributed by atoms with Gasteiger partial charge in [-0.1, -0.05) is 30.3 Å². The normalized spacial score (nSPS) is 16.0. The van der Waals surface area contributed by atoms with Crippen LogP contribution < -0.4 is 9.47 Å². The fraction of sp³-hybridized carbons (Fsp3) is 0.217. The summed E-state index contributed by atoms with van der Waals surface area (Å²) in [5, 5.41) is 0. The number of halogens is 1.